The molecule has 4 rings (SSSR count). The molecule has 1 saturated heterocycles. The van der Waals surface area contributed by atoms with E-state index in [1.54, 1.807) is 13.0 Å². The molecule has 0 unspecified atom stereocenters. The number of nitrogens with zero attached hydrogens (tertiary/aromatic N) is 2. The predicted molar refractivity (Wildman–Crippen MR) is 106 cm³/mol. The zero-order valence-corrected chi connectivity index (χ0v) is 15.5. The highest BCUT2D eigenvalue weighted by atomic mass is 16.3. The van der Waals surface area contributed by atoms with Gasteiger partial charge in [0.25, 0.3) is 5.91 Å². The SMILES string of the molecule is C[C@@]1(c2ccc3ccccc3c2)NC(=O)N(CC(=O)Nc2ncccc2O)C1=O. The minimum atomic E-state index is -1.28. The third-order valence-electron chi connectivity index (χ3n) is 4.95. The molecule has 3 N–H and O–H groups in total. The van der Waals surface area contributed by atoms with Crippen LogP contribution >= 0.6 is 0 Å². The lowest BCUT2D eigenvalue weighted by atomic mass is 9.90. The second-order valence-corrected chi connectivity index (χ2v) is 6.93. The smallest absolute Gasteiger partial charge is 0.325 e. The number of hydrogen-bond donors (Lipinski definition) is 3. The van der Waals surface area contributed by atoms with Crippen LogP contribution in [0.2, 0.25) is 0 Å². The van der Waals surface area contributed by atoms with E-state index in [9.17, 15) is 19.5 Å². The quantitative estimate of drug-likeness (QED) is 0.592. The second kappa shape index (κ2) is 6.90. The number of carbonyl (C=O) groups excluding carboxylic acids is 3. The summed E-state index contributed by atoms with van der Waals surface area (Å²) in [5, 5.41) is 16.7. The summed E-state index contributed by atoms with van der Waals surface area (Å²) < 4.78 is 0. The van der Waals surface area contributed by atoms with Gasteiger partial charge in [-0.15, -0.1) is 0 Å². The summed E-state index contributed by atoms with van der Waals surface area (Å²) in [7, 11) is 0. The Morgan fingerprint density at radius 1 is 1.14 bits per heavy atom. The topological polar surface area (TPSA) is 112 Å². The van der Waals surface area contributed by atoms with E-state index >= 15 is 0 Å². The molecule has 1 aliphatic heterocycles. The van der Waals surface area contributed by atoms with Crippen molar-refractivity contribution >= 4 is 34.4 Å². The largest absolute Gasteiger partial charge is 0.504 e. The van der Waals surface area contributed by atoms with Crippen molar-refractivity contribution in [1.82, 2.24) is 15.2 Å². The van der Waals surface area contributed by atoms with E-state index in [0.29, 0.717) is 5.56 Å². The van der Waals surface area contributed by atoms with Crippen molar-refractivity contribution in [2.45, 2.75) is 12.5 Å². The number of amides is 4. The molecule has 2 aromatic carbocycles. The molecule has 146 valence electrons. The van der Waals surface area contributed by atoms with Gasteiger partial charge in [0.05, 0.1) is 0 Å². The first-order valence-corrected chi connectivity index (χ1v) is 8.96. The molecule has 2 heterocycles. The number of aromatic hydroxyl groups is 1. The molecule has 8 heteroatoms. The monoisotopic (exact) mass is 390 g/mol. The van der Waals surface area contributed by atoms with Crippen LogP contribution in [0, 0.1) is 0 Å². The summed E-state index contributed by atoms with van der Waals surface area (Å²) >= 11 is 0. The summed E-state index contributed by atoms with van der Waals surface area (Å²) in [5.41, 5.74) is -0.658. The number of nitrogens with one attached hydrogen (secondary N) is 2. The van der Waals surface area contributed by atoms with Crippen molar-refractivity contribution in [3.63, 3.8) is 0 Å². The van der Waals surface area contributed by atoms with Crippen LogP contribution in [0.25, 0.3) is 10.8 Å². The van der Waals surface area contributed by atoms with Gasteiger partial charge in [-0.2, -0.15) is 0 Å². The van der Waals surface area contributed by atoms with Crippen molar-refractivity contribution in [3.8, 4) is 5.75 Å². The molecule has 0 aliphatic carbocycles. The lowest BCUT2D eigenvalue weighted by Gasteiger charge is -2.22. The fourth-order valence-electron chi connectivity index (χ4n) is 3.34. The van der Waals surface area contributed by atoms with Crippen molar-refractivity contribution in [2.75, 3.05) is 11.9 Å². The maximum Gasteiger partial charge on any atom is 0.325 e. The van der Waals surface area contributed by atoms with Crippen molar-refractivity contribution in [1.29, 1.82) is 0 Å². The van der Waals surface area contributed by atoms with Gasteiger partial charge >= 0.3 is 6.03 Å². The van der Waals surface area contributed by atoms with Gasteiger partial charge in [0.15, 0.2) is 11.6 Å². The Balaban J connectivity index is 1.56. The van der Waals surface area contributed by atoms with Crippen LogP contribution in [0.3, 0.4) is 0 Å². The van der Waals surface area contributed by atoms with Crippen LogP contribution in [0.5, 0.6) is 5.75 Å². The Kier molecular flexibility index (Phi) is 4.38. The number of anilines is 1. The highest BCUT2D eigenvalue weighted by molar-refractivity contribution is 6.10. The Labute approximate surface area is 166 Å². The number of hydrogen-bond acceptors (Lipinski definition) is 5. The Morgan fingerprint density at radius 3 is 2.66 bits per heavy atom. The molecule has 3 aromatic rings. The molecular formula is C21H18N4O4. The third kappa shape index (κ3) is 3.25. The van der Waals surface area contributed by atoms with Gasteiger partial charge in [-0.3, -0.25) is 14.5 Å². The first-order valence-electron chi connectivity index (χ1n) is 8.96. The summed E-state index contributed by atoms with van der Waals surface area (Å²) in [6.45, 7) is 1.11. The average molecular weight is 390 g/mol. The van der Waals surface area contributed by atoms with E-state index in [2.05, 4.69) is 15.6 Å². The molecule has 29 heavy (non-hydrogen) atoms. The van der Waals surface area contributed by atoms with Crippen molar-refractivity contribution in [3.05, 3.63) is 66.4 Å². The number of carbonyl (C=O) groups is 3. The average Bonchev–Trinajstić information content (AvgIpc) is 2.93. The number of fused-ring (bicyclic) bond motifs is 1. The molecule has 1 aliphatic rings. The zero-order valence-electron chi connectivity index (χ0n) is 15.5. The summed E-state index contributed by atoms with van der Waals surface area (Å²) in [6, 6.07) is 15.4. The van der Waals surface area contributed by atoms with Crippen LogP contribution < -0.4 is 10.6 Å². The van der Waals surface area contributed by atoms with E-state index in [-0.39, 0.29) is 11.6 Å². The minimum absolute atomic E-state index is 0.0400. The van der Waals surface area contributed by atoms with Gasteiger partial charge in [0.2, 0.25) is 5.91 Å². The first-order chi connectivity index (χ1) is 13.9. The molecule has 4 amide bonds. The van der Waals surface area contributed by atoms with Gasteiger partial charge < -0.3 is 15.7 Å². The van der Waals surface area contributed by atoms with E-state index in [4.69, 9.17) is 0 Å². The molecule has 0 radical (unpaired) electrons. The van der Waals surface area contributed by atoms with Crippen LogP contribution in [0.4, 0.5) is 10.6 Å². The predicted octanol–water partition coefficient (Wildman–Crippen LogP) is 2.35. The van der Waals surface area contributed by atoms with Crippen LogP contribution in [0.15, 0.2) is 60.8 Å². The number of rotatable bonds is 4. The van der Waals surface area contributed by atoms with Gasteiger partial charge in [-0.05, 0) is 41.5 Å². The Bertz CT molecular complexity index is 1150. The molecule has 0 saturated carbocycles. The number of aromatic nitrogens is 1. The van der Waals surface area contributed by atoms with Crippen LogP contribution in [0.1, 0.15) is 12.5 Å². The van der Waals surface area contributed by atoms with E-state index in [0.717, 1.165) is 15.7 Å². The highest BCUT2D eigenvalue weighted by Gasteiger charge is 2.49. The molecule has 1 aromatic heterocycles. The fourth-order valence-corrected chi connectivity index (χ4v) is 3.34. The molecule has 8 nitrogen and oxygen atoms in total. The second-order valence-electron chi connectivity index (χ2n) is 6.93. The minimum Gasteiger partial charge on any atom is -0.504 e. The maximum atomic E-state index is 13.0. The van der Waals surface area contributed by atoms with Gasteiger partial charge in [0.1, 0.15) is 12.1 Å². The van der Waals surface area contributed by atoms with E-state index in [1.807, 2.05) is 36.4 Å². The number of pyridine rings is 1. The maximum absolute atomic E-state index is 13.0. The Hall–Kier alpha value is -3.94. The molecule has 1 fully saturated rings. The molecular weight excluding hydrogens is 372 g/mol. The standard InChI is InChI=1S/C21H18N4O4/c1-21(15-9-8-13-5-2-3-6-14(13)11-15)19(28)25(20(29)24-21)12-17(27)23-18-16(26)7-4-10-22-18/h2-11,26H,12H2,1H3,(H,24,29)(H,22,23,27)/t21-/m0/s1. The summed E-state index contributed by atoms with van der Waals surface area (Å²) in [4.78, 5) is 42.5. The van der Waals surface area contributed by atoms with Crippen LogP contribution in [-0.4, -0.2) is 39.4 Å². The third-order valence-corrected chi connectivity index (χ3v) is 4.95. The van der Waals surface area contributed by atoms with Crippen molar-refractivity contribution in [2.24, 2.45) is 0 Å². The van der Waals surface area contributed by atoms with Crippen LogP contribution in [-0.2, 0) is 15.1 Å². The lowest BCUT2D eigenvalue weighted by molar-refractivity contribution is -0.133. The number of imide groups is 1. The molecule has 1 atom stereocenters. The number of urea groups is 1. The lowest BCUT2D eigenvalue weighted by Crippen LogP contribution is -2.42. The van der Waals surface area contributed by atoms with Gasteiger partial charge in [-0.25, -0.2) is 9.78 Å². The summed E-state index contributed by atoms with van der Waals surface area (Å²) in [5.74, 6) is -1.43. The highest BCUT2D eigenvalue weighted by Crippen LogP contribution is 2.31. The zero-order chi connectivity index (χ0) is 20.6. The summed E-state index contributed by atoms with van der Waals surface area (Å²) in [6.07, 6.45) is 1.40. The fraction of sp³-hybridized carbons (Fsp3) is 0.143. The van der Waals surface area contributed by atoms with Crippen molar-refractivity contribution < 1.29 is 19.5 Å². The first kappa shape index (κ1) is 18.4. The Morgan fingerprint density at radius 2 is 1.90 bits per heavy atom. The molecule has 0 bridgehead atoms. The van der Waals surface area contributed by atoms with E-state index in [1.165, 1.54) is 18.3 Å². The van der Waals surface area contributed by atoms with Gasteiger partial charge in [-0.1, -0.05) is 36.4 Å². The van der Waals surface area contributed by atoms with Gasteiger partial charge in [0, 0.05) is 6.20 Å². The normalized spacial score (nSPS) is 18.7. The van der Waals surface area contributed by atoms with E-state index < -0.39 is 29.9 Å². The number of benzene rings is 2. The molecule has 0 spiro atoms.